The van der Waals surface area contributed by atoms with Gasteiger partial charge in [-0.05, 0) is 66.8 Å². The third kappa shape index (κ3) is 4.26. The molecule has 0 aromatic heterocycles. The van der Waals surface area contributed by atoms with Crippen LogP contribution in [-0.4, -0.2) is 12.6 Å². The van der Waals surface area contributed by atoms with Crippen molar-refractivity contribution in [2.45, 2.75) is 58.9 Å². The van der Waals surface area contributed by atoms with Crippen molar-refractivity contribution in [1.82, 2.24) is 5.32 Å². The third-order valence-corrected chi connectivity index (χ3v) is 4.68. The van der Waals surface area contributed by atoms with E-state index in [0.717, 1.165) is 25.8 Å². The van der Waals surface area contributed by atoms with E-state index < -0.39 is 0 Å². The van der Waals surface area contributed by atoms with Gasteiger partial charge in [0.25, 0.3) is 0 Å². The zero-order chi connectivity index (χ0) is 15.6. The number of nitrogens with one attached hydrogen (secondary N) is 1. The molecule has 1 aromatic rings. The van der Waals surface area contributed by atoms with Gasteiger partial charge in [0.15, 0.2) is 0 Å². The van der Waals surface area contributed by atoms with Crippen molar-refractivity contribution in [2.24, 2.45) is 11.3 Å². The Morgan fingerprint density at radius 3 is 2.67 bits per heavy atom. The fourth-order valence-electron chi connectivity index (χ4n) is 3.44. The number of halogens is 2. The predicted molar refractivity (Wildman–Crippen MR) is 83.4 cm³/mol. The molecule has 1 saturated carbocycles. The number of benzene rings is 1. The van der Waals surface area contributed by atoms with Crippen molar-refractivity contribution in [2.75, 3.05) is 6.54 Å². The van der Waals surface area contributed by atoms with Crippen molar-refractivity contribution in [3.63, 3.8) is 0 Å². The molecule has 3 heteroatoms. The Kier molecular flexibility index (Phi) is 5.03. The van der Waals surface area contributed by atoms with E-state index in [4.69, 9.17) is 0 Å². The maximum atomic E-state index is 14.2. The summed E-state index contributed by atoms with van der Waals surface area (Å²) in [4.78, 5) is 0. The summed E-state index contributed by atoms with van der Waals surface area (Å²) in [6, 6.07) is 4.27. The summed E-state index contributed by atoms with van der Waals surface area (Å²) < 4.78 is 27.7. The minimum absolute atomic E-state index is 0.0932. The van der Waals surface area contributed by atoms with Crippen LogP contribution in [-0.2, 0) is 0 Å². The monoisotopic (exact) mass is 295 g/mol. The molecule has 2 unspecified atom stereocenters. The Bertz CT molecular complexity index is 480. The van der Waals surface area contributed by atoms with Gasteiger partial charge in [0.2, 0.25) is 0 Å². The average Bonchev–Trinajstić information content (AvgIpc) is 2.39. The van der Waals surface area contributed by atoms with Crippen molar-refractivity contribution < 1.29 is 8.78 Å². The third-order valence-electron chi connectivity index (χ3n) is 4.68. The summed E-state index contributed by atoms with van der Waals surface area (Å²) in [5.41, 5.74) is 0.746. The number of hydrogen-bond donors (Lipinski definition) is 1. The second kappa shape index (κ2) is 6.43. The van der Waals surface area contributed by atoms with Crippen LogP contribution < -0.4 is 5.32 Å². The molecule has 0 amide bonds. The molecule has 118 valence electrons. The van der Waals surface area contributed by atoms with Crippen LogP contribution in [0.15, 0.2) is 18.2 Å². The molecule has 1 aliphatic carbocycles. The lowest BCUT2D eigenvalue weighted by Gasteiger charge is -2.41. The van der Waals surface area contributed by atoms with Gasteiger partial charge in [0, 0.05) is 6.04 Å². The van der Waals surface area contributed by atoms with E-state index in [1.54, 1.807) is 0 Å². The molecule has 2 atom stereocenters. The van der Waals surface area contributed by atoms with Gasteiger partial charge in [-0.1, -0.05) is 27.7 Å². The summed E-state index contributed by atoms with van der Waals surface area (Å²) in [6.07, 6.45) is 3.12. The topological polar surface area (TPSA) is 12.0 Å². The van der Waals surface area contributed by atoms with Crippen LogP contribution in [0.1, 0.15) is 58.4 Å². The van der Waals surface area contributed by atoms with Crippen LogP contribution in [0.2, 0.25) is 0 Å². The van der Waals surface area contributed by atoms with E-state index in [9.17, 15) is 8.78 Å². The van der Waals surface area contributed by atoms with Crippen LogP contribution in [0.4, 0.5) is 8.78 Å². The standard InChI is InChI=1S/C18H27F2N/c1-12(2)21-11-13-7-8-18(3,4)10-16(13)15-9-14(19)5-6-17(15)20/h5-6,9,12-13,16,21H,7-8,10-11H2,1-4H3. The van der Waals surface area contributed by atoms with Gasteiger partial charge >= 0.3 is 0 Å². The highest BCUT2D eigenvalue weighted by Gasteiger charge is 2.36. The first-order valence-corrected chi connectivity index (χ1v) is 7.97. The zero-order valence-corrected chi connectivity index (χ0v) is 13.5. The molecular weight excluding hydrogens is 268 g/mol. The maximum Gasteiger partial charge on any atom is 0.126 e. The Morgan fingerprint density at radius 1 is 1.29 bits per heavy atom. The van der Waals surface area contributed by atoms with E-state index in [1.165, 1.54) is 18.2 Å². The molecule has 0 aliphatic heterocycles. The van der Waals surface area contributed by atoms with Crippen molar-refractivity contribution in [1.29, 1.82) is 0 Å². The molecule has 0 spiro atoms. The largest absolute Gasteiger partial charge is 0.314 e. The molecule has 1 aliphatic rings. The zero-order valence-electron chi connectivity index (χ0n) is 13.5. The molecule has 1 aromatic carbocycles. The van der Waals surface area contributed by atoms with Gasteiger partial charge in [0.1, 0.15) is 11.6 Å². The SMILES string of the molecule is CC(C)NCC1CCC(C)(C)CC1c1cc(F)ccc1F. The van der Waals surface area contributed by atoms with Crippen molar-refractivity contribution in [3.8, 4) is 0 Å². The van der Waals surface area contributed by atoms with Gasteiger partial charge < -0.3 is 5.32 Å². The molecule has 1 N–H and O–H groups in total. The van der Waals surface area contributed by atoms with Gasteiger partial charge in [-0.3, -0.25) is 0 Å². The van der Waals surface area contributed by atoms with E-state index >= 15 is 0 Å². The Balaban J connectivity index is 2.26. The fourth-order valence-corrected chi connectivity index (χ4v) is 3.44. The van der Waals surface area contributed by atoms with Crippen LogP contribution in [0.5, 0.6) is 0 Å². The number of rotatable bonds is 4. The highest BCUT2D eigenvalue weighted by Crippen LogP contribution is 2.47. The normalized spacial score (nSPS) is 25.3. The fraction of sp³-hybridized carbons (Fsp3) is 0.667. The molecule has 21 heavy (non-hydrogen) atoms. The minimum Gasteiger partial charge on any atom is -0.314 e. The van der Waals surface area contributed by atoms with Gasteiger partial charge in [-0.15, -0.1) is 0 Å². The minimum atomic E-state index is -0.342. The maximum absolute atomic E-state index is 14.2. The average molecular weight is 295 g/mol. The lowest BCUT2D eigenvalue weighted by molar-refractivity contribution is 0.156. The smallest absolute Gasteiger partial charge is 0.126 e. The van der Waals surface area contributed by atoms with Crippen LogP contribution in [0.3, 0.4) is 0 Å². The van der Waals surface area contributed by atoms with Gasteiger partial charge in [0.05, 0.1) is 0 Å². The highest BCUT2D eigenvalue weighted by atomic mass is 19.1. The quantitative estimate of drug-likeness (QED) is 0.835. The first-order chi connectivity index (χ1) is 9.78. The summed E-state index contributed by atoms with van der Waals surface area (Å²) in [5.74, 6) is -0.147. The number of hydrogen-bond acceptors (Lipinski definition) is 1. The molecule has 1 fully saturated rings. The van der Waals surface area contributed by atoms with Gasteiger partial charge in [-0.25, -0.2) is 8.78 Å². The van der Waals surface area contributed by atoms with Crippen LogP contribution in [0, 0.1) is 23.0 Å². The molecule has 2 rings (SSSR count). The summed E-state index contributed by atoms with van der Waals surface area (Å²) in [7, 11) is 0. The van der Waals surface area contributed by atoms with E-state index in [-0.39, 0.29) is 23.0 Å². The molecule has 0 bridgehead atoms. The van der Waals surface area contributed by atoms with Crippen molar-refractivity contribution >= 4 is 0 Å². The predicted octanol–water partition coefficient (Wildman–Crippen LogP) is 4.87. The van der Waals surface area contributed by atoms with Gasteiger partial charge in [-0.2, -0.15) is 0 Å². The summed E-state index contributed by atoms with van der Waals surface area (Å²) >= 11 is 0. The summed E-state index contributed by atoms with van der Waals surface area (Å²) in [6.45, 7) is 9.55. The first-order valence-electron chi connectivity index (χ1n) is 7.97. The second-order valence-corrected chi connectivity index (χ2v) is 7.50. The van der Waals surface area contributed by atoms with Crippen molar-refractivity contribution in [3.05, 3.63) is 35.4 Å². The Labute approximate surface area is 127 Å². The molecule has 0 radical (unpaired) electrons. The molecular formula is C18H27F2N. The summed E-state index contributed by atoms with van der Waals surface area (Å²) in [5, 5.41) is 3.46. The Hall–Kier alpha value is -0.960. The van der Waals surface area contributed by atoms with E-state index in [2.05, 4.69) is 33.0 Å². The van der Waals surface area contributed by atoms with Crippen LogP contribution >= 0.6 is 0 Å². The molecule has 0 heterocycles. The second-order valence-electron chi connectivity index (χ2n) is 7.50. The highest BCUT2D eigenvalue weighted by molar-refractivity contribution is 5.25. The Morgan fingerprint density at radius 2 is 2.00 bits per heavy atom. The van der Waals surface area contributed by atoms with Crippen LogP contribution in [0.25, 0.3) is 0 Å². The lowest BCUT2D eigenvalue weighted by Crippen LogP contribution is -2.37. The van der Waals surface area contributed by atoms with E-state index in [0.29, 0.717) is 17.5 Å². The lowest BCUT2D eigenvalue weighted by atomic mass is 9.65. The first kappa shape index (κ1) is 16.4. The molecule has 0 saturated heterocycles. The van der Waals surface area contributed by atoms with E-state index in [1.807, 2.05) is 0 Å². The molecule has 1 nitrogen and oxygen atoms in total.